The van der Waals surface area contributed by atoms with E-state index in [4.69, 9.17) is 4.74 Å². The fourth-order valence-electron chi connectivity index (χ4n) is 4.32. The number of carbonyl (C=O) groups excluding carboxylic acids is 1. The second-order valence-corrected chi connectivity index (χ2v) is 7.28. The lowest BCUT2D eigenvalue weighted by Gasteiger charge is -2.62. The minimum Gasteiger partial charge on any atom is -0.458 e. The van der Waals surface area contributed by atoms with E-state index < -0.39 is 0 Å². The predicted molar refractivity (Wildman–Crippen MR) is 77.8 cm³/mol. The van der Waals surface area contributed by atoms with E-state index in [9.17, 15) is 4.79 Å². The van der Waals surface area contributed by atoms with Crippen molar-refractivity contribution in [3.05, 3.63) is 12.2 Å². The number of ether oxygens (including phenoxy) is 1. The molecule has 0 heterocycles. The van der Waals surface area contributed by atoms with Crippen LogP contribution in [-0.2, 0) is 9.53 Å². The van der Waals surface area contributed by atoms with Gasteiger partial charge in [0.25, 0.3) is 0 Å². The van der Waals surface area contributed by atoms with E-state index in [-0.39, 0.29) is 22.4 Å². The summed E-state index contributed by atoms with van der Waals surface area (Å²) in [4.78, 5) is 11.7. The molecule has 0 bridgehead atoms. The highest BCUT2D eigenvalue weighted by Gasteiger charge is 2.62. The van der Waals surface area contributed by atoms with Gasteiger partial charge in [0.2, 0.25) is 0 Å². The molecule has 0 radical (unpaired) electrons. The smallest absolute Gasteiger partial charge is 0.303 e. The van der Waals surface area contributed by atoms with Crippen molar-refractivity contribution < 1.29 is 9.53 Å². The van der Waals surface area contributed by atoms with Gasteiger partial charge in [-0.2, -0.15) is 0 Å². The molecule has 19 heavy (non-hydrogen) atoms. The lowest BCUT2D eigenvalue weighted by molar-refractivity contribution is -0.227. The maximum atomic E-state index is 11.7. The normalized spacial score (nSPS) is 41.2. The van der Waals surface area contributed by atoms with Crippen LogP contribution in [-0.4, -0.2) is 11.6 Å². The predicted octanol–water partition coefficient (Wildman–Crippen LogP) is 4.49. The Hall–Kier alpha value is -0.790. The van der Waals surface area contributed by atoms with Crippen molar-refractivity contribution in [1.82, 2.24) is 0 Å². The fraction of sp³-hybridized carbons (Fsp3) is 0.824. The van der Waals surface area contributed by atoms with Gasteiger partial charge in [-0.3, -0.25) is 4.79 Å². The average molecular weight is 264 g/mol. The molecule has 2 heteroatoms. The highest BCUT2D eigenvalue weighted by atomic mass is 16.6. The topological polar surface area (TPSA) is 26.3 Å². The first-order chi connectivity index (χ1) is 8.75. The summed E-state index contributed by atoms with van der Waals surface area (Å²) in [6.45, 7) is 10.6. The van der Waals surface area contributed by atoms with Crippen molar-refractivity contribution >= 4 is 5.97 Å². The minimum absolute atomic E-state index is 0.0160. The van der Waals surface area contributed by atoms with E-state index in [0.717, 1.165) is 19.3 Å². The first-order valence-corrected chi connectivity index (χ1v) is 7.60. The summed E-state index contributed by atoms with van der Waals surface area (Å²) in [7, 11) is 0. The van der Waals surface area contributed by atoms with Crippen molar-refractivity contribution in [2.75, 3.05) is 0 Å². The molecule has 1 spiro atoms. The summed E-state index contributed by atoms with van der Waals surface area (Å²) < 4.78 is 5.98. The third kappa shape index (κ3) is 2.04. The third-order valence-electron chi connectivity index (χ3n) is 6.34. The Morgan fingerprint density at radius 2 is 1.89 bits per heavy atom. The van der Waals surface area contributed by atoms with Crippen molar-refractivity contribution in [2.24, 2.45) is 16.7 Å². The molecule has 2 rings (SSSR count). The molecule has 1 fully saturated rings. The molecule has 3 unspecified atom stereocenters. The number of esters is 1. The van der Waals surface area contributed by atoms with Crippen LogP contribution >= 0.6 is 0 Å². The summed E-state index contributed by atoms with van der Waals surface area (Å²) in [6, 6.07) is 0. The highest BCUT2D eigenvalue weighted by molar-refractivity contribution is 5.67. The first kappa shape index (κ1) is 14.6. The van der Waals surface area contributed by atoms with E-state index in [1.54, 1.807) is 6.92 Å². The van der Waals surface area contributed by atoms with Crippen molar-refractivity contribution in [3.8, 4) is 0 Å². The molecular formula is C17H28O2. The molecule has 108 valence electrons. The van der Waals surface area contributed by atoms with Gasteiger partial charge in [0.15, 0.2) is 0 Å². The zero-order valence-corrected chi connectivity index (χ0v) is 13.1. The van der Waals surface area contributed by atoms with Crippen molar-refractivity contribution in [2.45, 2.75) is 72.3 Å². The zero-order chi connectivity index (χ0) is 14.3. The average Bonchev–Trinajstić information content (AvgIpc) is 2.34. The molecule has 0 aromatic carbocycles. The fourth-order valence-corrected chi connectivity index (χ4v) is 4.32. The van der Waals surface area contributed by atoms with Crippen LogP contribution in [0, 0.1) is 16.7 Å². The van der Waals surface area contributed by atoms with Gasteiger partial charge in [-0.25, -0.2) is 0 Å². The molecule has 2 aliphatic carbocycles. The van der Waals surface area contributed by atoms with Gasteiger partial charge in [0.1, 0.15) is 5.60 Å². The van der Waals surface area contributed by atoms with E-state index in [0.29, 0.717) is 5.92 Å². The SMILES string of the molecule is CC(=O)OC1(C)C2(CC=CCC2)CCC(C)C1(C)C. The van der Waals surface area contributed by atoms with Gasteiger partial charge in [0, 0.05) is 17.8 Å². The second-order valence-electron chi connectivity index (χ2n) is 7.28. The van der Waals surface area contributed by atoms with Crippen molar-refractivity contribution in [3.63, 3.8) is 0 Å². The van der Waals surface area contributed by atoms with Crippen LogP contribution in [0.4, 0.5) is 0 Å². The molecule has 2 nitrogen and oxygen atoms in total. The van der Waals surface area contributed by atoms with Crippen LogP contribution in [0.25, 0.3) is 0 Å². The Morgan fingerprint density at radius 1 is 1.21 bits per heavy atom. The molecule has 0 aliphatic heterocycles. The first-order valence-electron chi connectivity index (χ1n) is 7.60. The Kier molecular flexibility index (Phi) is 3.57. The lowest BCUT2D eigenvalue weighted by atomic mass is 9.47. The molecule has 0 N–H and O–H groups in total. The summed E-state index contributed by atoms with van der Waals surface area (Å²) >= 11 is 0. The van der Waals surface area contributed by atoms with Gasteiger partial charge >= 0.3 is 5.97 Å². The van der Waals surface area contributed by atoms with Gasteiger partial charge in [-0.05, 0) is 44.9 Å². The monoisotopic (exact) mass is 264 g/mol. The van der Waals surface area contributed by atoms with Crippen LogP contribution in [0.3, 0.4) is 0 Å². The molecule has 0 saturated heterocycles. The molecular weight excluding hydrogens is 236 g/mol. The lowest BCUT2D eigenvalue weighted by Crippen LogP contribution is -2.63. The summed E-state index contributed by atoms with van der Waals surface area (Å²) in [5.41, 5.74) is -0.222. The molecule has 0 amide bonds. The Morgan fingerprint density at radius 3 is 2.42 bits per heavy atom. The summed E-state index contributed by atoms with van der Waals surface area (Å²) in [6.07, 6.45) is 10.3. The van der Waals surface area contributed by atoms with Gasteiger partial charge < -0.3 is 4.74 Å². The van der Waals surface area contributed by atoms with E-state index in [1.165, 1.54) is 12.8 Å². The van der Waals surface area contributed by atoms with Crippen molar-refractivity contribution in [1.29, 1.82) is 0 Å². The highest BCUT2D eigenvalue weighted by Crippen LogP contribution is 2.62. The van der Waals surface area contributed by atoms with Crippen LogP contribution < -0.4 is 0 Å². The van der Waals surface area contributed by atoms with Crippen LogP contribution in [0.1, 0.15) is 66.7 Å². The van der Waals surface area contributed by atoms with E-state index in [1.807, 2.05) is 0 Å². The Labute approximate surface area is 117 Å². The largest absolute Gasteiger partial charge is 0.458 e. The number of hydrogen-bond donors (Lipinski definition) is 0. The van der Waals surface area contributed by atoms with Gasteiger partial charge in [-0.15, -0.1) is 0 Å². The summed E-state index contributed by atoms with van der Waals surface area (Å²) in [5, 5.41) is 0. The quantitative estimate of drug-likeness (QED) is 0.515. The zero-order valence-electron chi connectivity index (χ0n) is 13.1. The van der Waals surface area contributed by atoms with Crippen LogP contribution in [0.5, 0.6) is 0 Å². The third-order valence-corrected chi connectivity index (χ3v) is 6.34. The second kappa shape index (κ2) is 4.64. The Balaban J connectivity index is 2.47. The molecule has 2 aliphatic rings. The van der Waals surface area contributed by atoms with E-state index >= 15 is 0 Å². The van der Waals surface area contributed by atoms with E-state index in [2.05, 4.69) is 39.8 Å². The maximum absolute atomic E-state index is 11.7. The molecule has 0 aromatic rings. The van der Waals surface area contributed by atoms with Gasteiger partial charge in [0.05, 0.1) is 0 Å². The van der Waals surface area contributed by atoms with Crippen LogP contribution in [0.15, 0.2) is 12.2 Å². The van der Waals surface area contributed by atoms with Crippen LogP contribution in [0.2, 0.25) is 0 Å². The Bertz CT molecular complexity index is 396. The number of carbonyl (C=O) groups is 1. The molecule has 3 atom stereocenters. The maximum Gasteiger partial charge on any atom is 0.303 e. The summed E-state index contributed by atoms with van der Waals surface area (Å²) in [5.74, 6) is 0.437. The standard InChI is InChI=1S/C17H28O2/c1-13-9-12-17(10-7-6-8-11-17)16(5,15(13,3)4)19-14(2)18/h6-7,13H,8-12H2,1-5H3. The molecule has 0 aromatic heterocycles. The number of rotatable bonds is 1. The van der Waals surface area contributed by atoms with Gasteiger partial charge in [-0.1, -0.05) is 32.9 Å². The molecule has 1 saturated carbocycles. The minimum atomic E-state index is -0.367. The number of hydrogen-bond acceptors (Lipinski definition) is 2. The number of allylic oxidation sites excluding steroid dienone is 2.